The summed E-state index contributed by atoms with van der Waals surface area (Å²) in [6.45, 7) is 3.65. The second-order valence-electron chi connectivity index (χ2n) is 4.39. The number of carbonyl (C=O) groups excluding carboxylic acids is 1. The molecule has 0 amide bonds. The van der Waals surface area contributed by atoms with Gasteiger partial charge in [-0.15, -0.1) is 0 Å². The molecule has 0 radical (unpaired) electrons. The van der Waals surface area contributed by atoms with Crippen molar-refractivity contribution in [2.24, 2.45) is 0 Å². The summed E-state index contributed by atoms with van der Waals surface area (Å²) in [7, 11) is 1.52. The zero-order valence-corrected chi connectivity index (χ0v) is 11.4. The van der Waals surface area contributed by atoms with Crippen LogP contribution in [0.1, 0.15) is 30.8 Å². The third-order valence-electron chi connectivity index (χ3n) is 3.33. The fourth-order valence-corrected chi connectivity index (χ4v) is 2.02. The third kappa shape index (κ3) is 2.04. The summed E-state index contributed by atoms with van der Waals surface area (Å²) >= 11 is 6.02. The maximum absolute atomic E-state index is 12.3. The first-order valence-electron chi connectivity index (χ1n) is 5.80. The van der Waals surface area contributed by atoms with Crippen molar-refractivity contribution >= 4 is 28.4 Å². The van der Waals surface area contributed by atoms with Crippen molar-refractivity contribution in [3.05, 3.63) is 35.0 Å². The number of carbonyl (C=O) groups is 1. The molecule has 1 unspecified atom stereocenters. The van der Waals surface area contributed by atoms with E-state index in [-0.39, 0.29) is 11.5 Å². The molecule has 0 spiro atoms. The topological polar surface area (TPSA) is 39.4 Å². The van der Waals surface area contributed by atoms with Crippen molar-refractivity contribution in [2.75, 3.05) is 7.11 Å². The van der Waals surface area contributed by atoms with Gasteiger partial charge in [0.05, 0.1) is 5.02 Å². The third-order valence-corrected chi connectivity index (χ3v) is 3.62. The number of halogens is 1. The van der Waals surface area contributed by atoms with Gasteiger partial charge in [-0.2, -0.15) is 0 Å². The Kier molecular flexibility index (Phi) is 3.46. The van der Waals surface area contributed by atoms with Gasteiger partial charge in [0.2, 0.25) is 5.78 Å². The van der Waals surface area contributed by atoms with E-state index in [9.17, 15) is 4.79 Å². The number of hydrogen-bond acceptors (Lipinski definition) is 3. The minimum atomic E-state index is -0.861. The Bertz CT molecular complexity index is 582. The van der Waals surface area contributed by atoms with E-state index in [4.69, 9.17) is 20.8 Å². The van der Waals surface area contributed by atoms with Crippen molar-refractivity contribution in [1.29, 1.82) is 0 Å². The van der Waals surface area contributed by atoms with Gasteiger partial charge in [-0.3, -0.25) is 4.79 Å². The van der Waals surface area contributed by atoms with Gasteiger partial charge in [-0.05, 0) is 25.5 Å². The normalized spacial score (nSPS) is 14.7. The highest BCUT2D eigenvalue weighted by atomic mass is 35.5. The highest BCUT2D eigenvalue weighted by Crippen LogP contribution is 2.29. The zero-order chi connectivity index (χ0) is 13.3. The van der Waals surface area contributed by atoms with Gasteiger partial charge in [0.25, 0.3) is 0 Å². The predicted molar refractivity (Wildman–Crippen MR) is 71.3 cm³/mol. The van der Waals surface area contributed by atoms with Gasteiger partial charge in [-0.25, -0.2) is 0 Å². The molecule has 1 aromatic heterocycles. The molecule has 1 aromatic carbocycles. The van der Waals surface area contributed by atoms with Crippen LogP contribution >= 0.6 is 11.6 Å². The maximum Gasteiger partial charge on any atom is 0.229 e. The average Bonchev–Trinajstić information content (AvgIpc) is 2.82. The lowest BCUT2D eigenvalue weighted by molar-refractivity contribution is 0.00855. The van der Waals surface area contributed by atoms with Crippen molar-refractivity contribution in [1.82, 2.24) is 0 Å². The number of benzene rings is 1. The van der Waals surface area contributed by atoms with Crippen LogP contribution < -0.4 is 0 Å². The predicted octanol–water partition coefficient (Wildman–Crippen LogP) is 4.08. The molecule has 0 fully saturated rings. The molecule has 0 N–H and O–H groups in total. The van der Waals surface area contributed by atoms with Crippen molar-refractivity contribution in [3.63, 3.8) is 0 Å². The summed E-state index contributed by atoms with van der Waals surface area (Å²) in [6.07, 6.45) is 0.576. The number of methoxy groups -OCH3 is 1. The van der Waals surface area contributed by atoms with Crippen LogP contribution in [-0.4, -0.2) is 18.5 Å². The molecule has 18 heavy (non-hydrogen) atoms. The van der Waals surface area contributed by atoms with Crippen LogP contribution in [-0.2, 0) is 4.74 Å². The van der Waals surface area contributed by atoms with E-state index >= 15 is 0 Å². The van der Waals surface area contributed by atoms with Gasteiger partial charge in [0.1, 0.15) is 5.60 Å². The van der Waals surface area contributed by atoms with E-state index in [2.05, 4.69) is 0 Å². The minimum absolute atomic E-state index is 0.167. The monoisotopic (exact) mass is 266 g/mol. The summed E-state index contributed by atoms with van der Waals surface area (Å²) in [5.74, 6) is 0.115. The number of hydrogen-bond donors (Lipinski definition) is 0. The molecule has 0 aliphatic heterocycles. The molecule has 0 aliphatic carbocycles. The van der Waals surface area contributed by atoms with E-state index < -0.39 is 5.60 Å². The number of fused-ring (bicyclic) bond motifs is 1. The number of Topliss-reactive ketones (excluding diaryl/α,β-unsaturated/α-hetero) is 1. The number of ketones is 1. The molecule has 1 atom stereocenters. The molecule has 0 saturated heterocycles. The highest BCUT2D eigenvalue weighted by Gasteiger charge is 2.34. The van der Waals surface area contributed by atoms with Crippen LogP contribution in [0.2, 0.25) is 5.02 Å². The average molecular weight is 267 g/mol. The quantitative estimate of drug-likeness (QED) is 0.783. The zero-order valence-electron chi connectivity index (χ0n) is 10.6. The molecule has 3 nitrogen and oxygen atoms in total. The molecule has 96 valence electrons. The number of furan rings is 1. The standard InChI is InChI=1S/C14H15ClO3/c1-4-14(2,17-3)13(16)11-8-9-6-5-7-10(15)12(9)18-11/h5-8H,4H2,1-3H3. The van der Waals surface area contributed by atoms with Crippen LogP contribution in [0.15, 0.2) is 28.7 Å². The first-order chi connectivity index (χ1) is 8.51. The Morgan fingerprint density at radius 3 is 2.78 bits per heavy atom. The van der Waals surface area contributed by atoms with E-state index in [0.29, 0.717) is 17.0 Å². The largest absolute Gasteiger partial charge is 0.451 e. The summed E-state index contributed by atoms with van der Waals surface area (Å²) in [4.78, 5) is 12.3. The number of rotatable bonds is 4. The maximum atomic E-state index is 12.3. The molecular weight excluding hydrogens is 252 g/mol. The van der Waals surface area contributed by atoms with E-state index in [1.54, 1.807) is 19.1 Å². The van der Waals surface area contributed by atoms with Crippen LogP contribution in [0.25, 0.3) is 11.0 Å². The molecule has 2 rings (SSSR count). The van der Waals surface area contributed by atoms with Crippen LogP contribution in [0.3, 0.4) is 0 Å². The SMILES string of the molecule is CCC(C)(OC)C(=O)c1cc2cccc(Cl)c2o1. The van der Waals surface area contributed by atoms with Crippen molar-refractivity contribution < 1.29 is 13.9 Å². The Morgan fingerprint density at radius 1 is 1.50 bits per heavy atom. The molecule has 4 heteroatoms. The number of para-hydroxylation sites is 1. The van der Waals surface area contributed by atoms with E-state index in [1.807, 2.05) is 19.1 Å². The molecular formula is C14H15ClO3. The second kappa shape index (κ2) is 4.75. The first-order valence-corrected chi connectivity index (χ1v) is 6.17. The lowest BCUT2D eigenvalue weighted by Gasteiger charge is -2.23. The summed E-state index contributed by atoms with van der Waals surface area (Å²) < 4.78 is 10.8. The molecule has 2 aromatic rings. The van der Waals surface area contributed by atoms with Gasteiger partial charge < -0.3 is 9.15 Å². The molecule has 0 bridgehead atoms. The molecule has 1 heterocycles. The molecule has 0 aliphatic rings. The Morgan fingerprint density at radius 2 is 2.22 bits per heavy atom. The fraction of sp³-hybridized carbons (Fsp3) is 0.357. The van der Waals surface area contributed by atoms with Gasteiger partial charge in [0, 0.05) is 12.5 Å². The van der Waals surface area contributed by atoms with E-state index in [0.717, 1.165) is 5.39 Å². The Balaban J connectivity index is 2.49. The lowest BCUT2D eigenvalue weighted by Crippen LogP contribution is -2.36. The summed E-state index contributed by atoms with van der Waals surface area (Å²) in [6, 6.07) is 7.12. The van der Waals surface area contributed by atoms with Crippen molar-refractivity contribution in [2.45, 2.75) is 25.9 Å². The Labute approximate surface area is 111 Å². The fourth-order valence-electron chi connectivity index (χ4n) is 1.80. The van der Waals surface area contributed by atoms with Crippen LogP contribution in [0.4, 0.5) is 0 Å². The van der Waals surface area contributed by atoms with Gasteiger partial charge in [0.15, 0.2) is 11.3 Å². The van der Waals surface area contributed by atoms with E-state index in [1.165, 1.54) is 7.11 Å². The van der Waals surface area contributed by atoms with Gasteiger partial charge in [-0.1, -0.05) is 30.7 Å². The molecule has 0 saturated carbocycles. The number of ether oxygens (including phenoxy) is 1. The summed E-state index contributed by atoms with van der Waals surface area (Å²) in [5.41, 5.74) is -0.322. The van der Waals surface area contributed by atoms with Crippen LogP contribution in [0, 0.1) is 0 Å². The minimum Gasteiger partial charge on any atom is -0.451 e. The smallest absolute Gasteiger partial charge is 0.229 e. The van der Waals surface area contributed by atoms with Crippen molar-refractivity contribution in [3.8, 4) is 0 Å². The first kappa shape index (κ1) is 13.1. The second-order valence-corrected chi connectivity index (χ2v) is 4.79. The summed E-state index contributed by atoms with van der Waals surface area (Å²) in [5, 5.41) is 1.32. The van der Waals surface area contributed by atoms with Crippen LogP contribution in [0.5, 0.6) is 0 Å². The van der Waals surface area contributed by atoms with Gasteiger partial charge >= 0.3 is 0 Å². The highest BCUT2D eigenvalue weighted by molar-refractivity contribution is 6.34. The Hall–Kier alpha value is -1.32. The lowest BCUT2D eigenvalue weighted by atomic mass is 9.95.